The summed E-state index contributed by atoms with van der Waals surface area (Å²) in [5.74, 6) is 0. The van der Waals surface area contributed by atoms with Crippen LogP contribution < -0.4 is 4.46 Å². The van der Waals surface area contributed by atoms with Crippen LogP contribution >= 0.6 is 23.2 Å². The second-order valence-corrected chi connectivity index (χ2v) is 6.89. The Morgan fingerprint density at radius 3 is 2.47 bits per heavy atom. The quantitative estimate of drug-likeness (QED) is 0.607. The fourth-order valence-corrected chi connectivity index (χ4v) is 3.56. The van der Waals surface area contributed by atoms with Crippen LogP contribution in [-0.4, -0.2) is 15.0 Å². The van der Waals surface area contributed by atoms with Crippen molar-refractivity contribution in [2.75, 3.05) is 0 Å². The van der Waals surface area contributed by atoms with Gasteiger partial charge in [0.05, 0.1) is 0 Å². The van der Waals surface area contributed by atoms with Gasteiger partial charge in [-0.25, -0.2) is 0 Å². The van der Waals surface area contributed by atoms with Crippen LogP contribution in [0.4, 0.5) is 0 Å². The summed E-state index contributed by atoms with van der Waals surface area (Å²) in [6.07, 6.45) is 1.83. The summed E-state index contributed by atoms with van der Waals surface area (Å²) in [6.45, 7) is 0. The first-order valence-electron chi connectivity index (χ1n) is 5.49. The monoisotopic (exact) mass is 353 g/mol. The topological polar surface area (TPSA) is 23.8 Å². The minimum absolute atomic E-state index is 0.0149. The van der Waals surface area contributed by atoms with E-state index in [1.165, 1.54) is 0 Å². The van der Waals surface area contributed by atoms with E-state index >= 15 is 0 Å². The van der Waals surface area contributed by atoms with Gasteiger partial charge in [0, 0.05) is 0 Å². The molecule has 0 fully saturated rings. The zero-order valence-corrected chi connectivity index (χ0v) is 13.0. The van der Waals surface area contributed by atoms with Gasteiger partial charge in [0.25, 0.3) is 0 Å². The van der Waals surface area contributed by atoms with E-state index in [2.05, 4.69) is 6.07 Å². The van der Waals surface area contributed by atoms with Crippen LogP contribution in [0.2, 0.25) is 10.0 Å². The normalized spacial score (nSPS) is 11.1. The Hall–Kier alpha value is -1.23. The number of benzene rings is 2. The number of hydrogen-bond acceptors (Lipinski definition) is 1. The standard InChI is InChI=1S/C15H9Cl2NSe/c16-12-7-6-11(15(17)9-12)8-14(10-18)19-13-4-2-1-3-5-13/h1-9H/b14-8+. The van der Waals surface area contributed by atoms with Gasteiger partial charge in [0.2, 0.25) is 0 Å². The molecule has 0 bridgehead atoms. The molecule has 1 nitrogen and oxygen atoms in total. The molecule has 0 aromatic heterocycles. The zero-order valence-electron chi connectivity index (χ0n) is 9.81. The molecule has 0 saturated carbocycles. The number of hydrogen-bond donors (Lipinski definition) is 0. The first kappa shape index (κ1) is 14.2. The molecule has 0 unspecified atom stereocenters. The van der Waals surface area contributed by atoms with Crippen LogP contribution in [0, 0.1) is 11.3 Å². The number of allylic oxidation sites excluding steroid dienone is 1. The summed E-state index contributed by atoms with van der Waals surface area (Å²) in [6, 6.07) is 17.5. The van der Waals surface area contributed by atoms with Crippen molar-refractivity contribution in [3.63, 3.8) is 0 Å². The maximum absolute atomic E-state index is 9.22. The van der Waals surface area contributed by atoms with Crippen molar-refractivity contribution >= 4 is 48.7 Å². The number of halogens is 2. The summed E-state index contributed by atoms with van der Waals surface area (Å²) >= 11 is 11.9. The van der Waals surface area contributed by atoms with Gasteiger partial charge in [-0.2, -0.15) is 0 Å². The van der Waals surface area contributed by atoms with Gasteiger partial charge >= 0.3 is 129 Å². The number of nitrogens with zero attached hydrogens (tertiary/aromatic N) is 1. The molecule has 0 amide bonds. The fraction of sp³-hybridized carbons (Fsp3) is 0. The molecule has 0 radical (unpaired) electrons. The molecule has 0 aliphatic rings. The average Bonchev–Trinajstić information content (AvgIpc) is 2.42. The molecule has 0 heterocycles. The fourth-order valence-electron chi connectivity index (χ4n) is 1.46. The van der Waals surface area contributed by atoms with E-state index in [0.29, 0.717) is 10.0 Å². The molecule has 2 rings (SSSR count). The van der Waals surface area contributed by atoms with E-state index in [0.717, 1.165) is 14.5 Å². The third kappa shape index (κ3) is 4.13. The third-order valence-corrected chi connectivity index (χ3v) is 4.86. The van der Waals surface area contributed by atoms with Gasteiger partial charge in [0.1, 0.15) is 0 Å². The van der Waals surface area contributed by atoms with E-state index < -0.39 is 0 Å². The van der Waals surface area contributed by atoms with E-state index in [4.69, 9.17) is 23.2 Å². The zero-order chi connectivity index (χ0) is 13.7. The molecular formula is C15H9Cl2NSe. The summed E-state index contributed by atoms with van der Waals surface area (Å²) < 4.78 is 1.89. The van der Waals surface area contributed by atoms with Gasteiger partial charge < -0.3 is 0 Å². The van der Waals surface area contributed by atoms with Crippen molar-refractivity contribution in [1.82, 2.24) is 0 Å². The van der Waals surface area contributed by atoms with Gasteiger partial charge in [-0.1, -0.05) is 0 Å². The van der Waals surface area contributed by atoms with Crippen LogP contribution in [0.15, 0.2) is 53.0 Å². The maximum atomic E-state index is 9.22. The molecule has 0 spiro atoms. The second-order valence-electron chi connectivity index (χ2n) is 3.70. The summed E-state index contributed by atoms with van der Waals surface area (Å²) in [7, 11) is 0. The van der Waals surface area contributed by atoms with Crippen LogP contribution in [0.5, 0.6) is 0 Å². The number of nitriles is 1. The van der Waals surface area contributed by atoms with Crippen LogP contribution in [0.1, 0.15) is 5.56 Å². The molecule has 4 heteroatoms. The molecule has 0 aliphatic carbocycles. The molecule has 19 heavy (non-hydrogen) atoms. The van der Waals surface area contributed by atoms with Crippen LogP contribution in [0.3, 0.4) is 0 Å². The first-order chi connectivity index (χ1) is 9.19. The van der Waals surface area contributed by atoms with Crippen molar-refractivity contribution in [1.29, 1.82) is 5.26 Å². The van der Waals surface area contributed by atoms with Crippen LogP contribution in [-0.2, 0) is 0 Å². The van der Waals surface area contributed by atoms with Gasteiger partial charge in [-0.3, -0.25) is 0 Å². The molecule has 0 atom stereocenters. The van der Waals surface area contributed by atoms with Crippen molar-refractivity contribution in [2.45, 2.75) is 0 Å². The summed E-state index contributed by atoms with van der Waals surface area (Å²) in [5, 5.41) is 10.4. The van der Waals surface area contributed by atoms with E-state index in [-0.39, 0.29) is 15.0 Å². The Bertz CT molecular complexity index is 645. The molecule has 2 aromatic carbocycles. The molecule has 2 aromatic rings. The Morgan fingerprint density at radius 2 is 1.84 bits per heavy atom. The summed E-state index contributed by atoms with van der Waals surface area (Å²) in [4.78, 5) is 0. The Kier molecular flexibility index (Phi) is 5.07. The second kappa shape index (κ2) is 6.80. The molecule has 0 N–H and O–H groups in total. The van der Waals surface area contributed by atoms with Gasteiger partial charge in [-0.05, 0) is 0 Å². The van der Waals surface area contributed by atoms with Gasteiger partial charge in [0.15, 0.2) is 0 Å². The molecule has 0 aliphatic heterocycles. The van der Waals surface area contributed by atoms with Crippen molar-refractivity contribution in [3.05, 3.63) is 68.6 Å². The van der Waals surface area contributed by atoms with E-state index in [1.807, 2.05) is 42.5 Å². The predicted molar refractivity (Wildman–Crippen MR) is 81.9 cm³/mol. The van der Waals surface area contributed by atoms with E-state index in [1.54, 1.807) is 12.1 Å². The van der Waals surface area contributed by atoms with Crippen LogP contribution in [0.25, 0.3) is 6.08 Å². The molecule has 0 saturated heterocycles. The Labute approximate surface area is 128 Å². The third-order valence-electron chi connectivity index (χ3n) is 2.33. The SMILES string of the molecule is N#C/C(=C\c1ccc(Cl)cc1Cl)[Se]c1ccccc1. The van der Waals surface area contributed by atoms with Crippen molar-refractivity contribution in [2.24, 2.45) is 0 Å². The van der Waals surface area contributed by atoms with Crippen molar-refractivity contribution < 1.29 is 0 Å². The Morgan fingerprint density at radius 1 is 1.11 bits per heavy atom. The van der Waals surface area contributed by atoms with E-state index in [9.17, 15) is 5.26 Å². The van der Waals surface area contributed by atoms with Crippen molar-refractivity contribution in [3.8, 4) is 6.07 Å². The predicted octanol–water partition coefficient (Wildman–Crippen LogP) is 3.89. The average molecular weight is 353 g/mol. The minimum atomic E-state index is -0.0149. The first-order valence-corrected chi connectivity index (χ1v) is 7.95. The Balaban J connectivity index is 2.27. The molecule has 94 valence electrons. The number of rotatable bonds is 3. The van der Waals surface area contributed by atoms with Gasteiger partial charge in [-0.15, -0.1) is 0 Å². The summed E-state index contributed by atoms with van der Waals surface area (Å²) in [5.41, 5.74) is 0.820. The molecular weight excluding hydrogens is 344 g/mol.